The average molecular weight is 535 g/mol. The quantitative estimate of drug-likeness (QED) is 0.419. The first kappa shape index (κ1) is 28.5. The van der Waals surface area contributed by atoms with E-state index < -0.39 is 47.2 Å². The summed E-state index contributed by atoms with van der Waals surface area (Å²) in [6, 6.07) is 2.40. The van der Waals surface area contributed by atoms with Crippen LogP contribution in [0, 0.1) is 5.41 Å². The Morgan fingerprint density at radius 2 is 1.84 bits per heavy atom. The fourth-order valence-corrected chi connectivity index (χ4v) is 6.46. The average Bonchev–Trinajstić information content (AvgIpc) is 3.40. The molecule has 0 unspecified atom stereocenters. The summed E-state index contributed by atoms with van der Waals surface area (Å²) in [5.74, 6) is -0.474. The third kappa shape index (κ3) is 4.51. The van der Waals surface area contributed by atoms with Gasteiger partial charge in [0.2, 0.25) is 0 Å². The van der Waals surface area contributed by atoms with Crippen LogP contribution in [0.4, 0.5) is 13.2 Å². The second kappa shape index (κ2) is 9.59. The summed E-state index contributed by atoms with van der Waals surface area (Å²) in [5.41, 5.74) is 1.95. The molecule has 2 aliphatic carbocycles. The lowest BCUT2D eigenvalue weighted by molar-refractivity contribution is -0.156. The molecule has 9 heteroatoms. The number of alkyl halides is 3. The molecule has 3 atom stereocenters. The molecule has 1 fully saturated rings. The normalized spacial score (nSPS) is 25.2. The number of ether oxygens (including phenoxy) is 2. The Bertz CT molecular complexity index is 1220. The lowest BCUT2D eigenvalue weighted by atomic mass is 9.68. The van der Waals surface area contributed by atoms with Crippen molar-refractivity contribution in [2.24, 2.45) is 5.41 Å². The van der Waals surface area contributed by atoms with E-state index in [0.29, 0.717) is 23.2 Å². The Morgan fingerprint density at radius 1 is 1.18 bits per heavy atom. The zero-order valence-corrected chi connectivity index (χ0v) is 21.8. The maximum Gasteiger partial charge on any atom is 0.433 e. The van der Waals surface area contributed by atoms with Crippen molar-refractivity contribution in [3.05, 3.63) is 57.7 Å². The highest BCUT2D eigenvalue weighted by molar-refractivity contribution is 5.67. The predicted molar refractivity (Wildman–Crippen MR) is 135 cm³/mol. The molecule has 2 aromatic rings. The van der Waals surface area contributed by atoms with Crippen molar-refractivity contribution in [3.8, 4) is 0 Å². The number of halogens is 3. The second-order valence-corrected chi connectivity index (χ2v) is 11.6. The SMILES string of the molecule is C.CC(=O)O[C@H]1c2nc(C(C)C)c3c(c2[C@@H](O)CC1(C)C)C1(CCCC1)O[C@@H]3c1ccc(C(F)(F)F)nc1. The lowest BCUT2D eigenvalue weighted by Gasteiger charge is -2.42. The summed E-state index contributed by atoms with van der Waals surface area (Å²) < 4.78 is 52.2. The third-order valence-electron chi connectivity index (χ3n) is 8.02. The lowest BCUT2D eigenvalue weighted by Crippen LogP contribution is -2.37. The molecule has 0 radical (unpaired) electrons. The van der Waals surface area contributed by atoms with Gasteiger partial charge in [-0.05, 0) is 36.8 Å². The standard InChI is InChI=1S/C28H33F3N2O4.CH4/c1-14(2)22-20-21(19-17(35)12-26(4,5)25(23(19)33-22)36-15(3)34)27(10-6-7-11-27)37-24(20)16-8-9-18(32-13-16)28(29,30)31;/h8-9,13-14,17,24-25,35H,6-7,10-12H2,1-5H3;1H4/t17-,24+,25-;/m0./s1. The number of carbonyl (C=O) groups excluding carboxylic acids is 1. The number of pyridine rings is 2. The molecule has 208 valence electrons. The van der Waals surface area contributed by atoms with Gasteiger partial charge >= 0.3 is 12.1 Å². The number of aliphatic hydroxyl groups excluding tert-OH is 1. The Labute approximate surface area is 222 Å². The highest BCUT2D eigenvalue weighted by Gasteiger charge is 2.55. The number of aliphatic hydroxyl groups is 1. The molecular weight excluding hydrogens is 497 g/mol. The predicted octanol–water partition coefficient (Wildman–Crippen LogP) is 7.21. The minimum atomic E-state index is -4.54. The topological polar surface area (TPSA) is 81.5 Å². The summed E-state index contributed by atoms with van der Waals surface area (Å²) in [5, 5.41) is 11.5. The van der Waals surface area contributed by atoms with Gasteiger partial charge in [0.25, 0.3) is 0 Å². The number of esters is 1. The zero-order chi connectivity index (χ0) is 26.9. The van der Waals surface area contributed by atoms with Crippen molar-refractivity contribution in [1.82, 2.24) is 9.97 Å². The Balaban J connectivity index is 0.00000336. The van der Waals surface area contributed by atoms with Crippen LogP contribution in [0.1, 0.15) is 138 Å². The van der Waals surface area contributed by atoms with Crippen LogP contribution in [0.5, 0.6) is 0 Å². The second-order valence-electron chi connectivity index (χ2n) is 11.6. The van der Waals surface area contributed by atoms with E-state index in [1.165, 1.54) is 19.2 Å². The number of hydrogen-bond acceptors (Lipinski definition) is 6. The van der Waals surface area contributed by atoms with Crippen LogP contribution in [0.15, 0.2) is 18.3 Å². The molecule has 1 spiro atoms. The monoisotopic (exact) mass is 534 g/mol. The maximum atomic E-state index is 13.2. The fraction of sp³-hybridized carbons (Fsp3) is 0.621. The molecule has 0 amide bonds. The van der Waals surface area contributed by atoms with Crippen LogP contribution < -0.4 is 0 Å². The first-order valence-corrected chi connectivity index (χ1v) is 12.9. The molecule has 5 rings (SSSR count). The molecule has 1 aliphatic heterocycles. The molecule has 3 aliphatic rings. The summed E-state index contributed by atoms with van der Waals surface area (Å²) in [4.78, 5) is 20.8. The Hall–Kier alpha value is -2.52. The van der Waals surface area contributed by atoms with E-state index in [9.17, 15) is 23.1 Å². The summed E-state index contributed by atoms with van der Waals surface area (Å²) in [6.07, 6.45) is -1.76. The minimum absolute atomic E-state index is 0. The summed E-state index contributed by atoms with van der Waals surface area (Å²) in [6.45, 7) is 9.28. The molecule has 0 bridgehead atoms. The number of nitrogens with zero attached hydrogens (tertiary/aromatic N) is 2. The highest BCUT2D eigenvalue weighted by Crippen LogP contribution is 2.61. The number of rotatable bonds is 3. The smallest absolute Gasteiger partial charge is 0.433 e. The van der Waals surface area contributed by atoms with Gasteiger partial charge in [-0.25, -0.2) is 0 Å². The molecule has 3 heterocycles. The van der Waals surface area contributed by atoms with Gasteiger partial charge in [-0.1, -0.05) is 54.0 Å². The molecular formula is C29H37F3N2O4. The fourth-order valence-electron chi connectivity index (χ4n) is 6.46. The van der Waals surface area contributed by atoms with Crippen molar-refractivity contribution in [1.29, 1.82) is 0 Å². The Kier molecular flexibility index (Phi) is 7.19. The van der Waals surface area contributed by atoms with E-state index >= 15 is 0 Å². The van der Waals surface area contributed by atoms with Gasteiger partial charge in [-0.15, -0.1) is 0 Å². The highest BCUT2D eigenvalue weighted by atomic mass is 19.4. The molecule has 1 N–H and O–H groups in total. The number of carbonyl (C=O) groups is 1. The largest absolute Gasteiger partial charge is 0.455 e. The van der Waals surface area contributed by atoms with Gasteiger partial charge in [0, 0.05) is 40.9 Å². The van der Waals surface area contributed by atoms with E-state index in [4.69, 9.17) is 14.5 Å². The van der Waals surface area contributed by atoms with Crippen LogP contribution in [0.3, 0.4) is 0 Å². The third-order valence-corrected chi connectivity index (χ3v) is 8.02. The van der Waals surface area contributed by atoms with Gasteiger partial charge in [0.05, 0.1) is 17.4 Å². The number of aromatic nitrogens is 2. The number of hydrogen-bond donors (Lipinski definition) is 1. The number of fused-ring (bicyclic) bond motifs is 4. The van der Waals surface area contributed by atoms with Crippen LogP contribution in [-0.2, 0) is 26.0 Å². The van der Waals surface area contributed by atoms with E-state index in [0.717, 1.165) is 48.6 Å². The van der Waals surface area contributed by atoms with Crippen LogP contribution >= 0.6 is 0 Å². The first-order valence-electron chi connectivity index (χ1n) is 12.9. The van der Waals surface area contributed by atoms with Crippen molar-refractivity contribution in [2.45, 2.75) is 110 Å². The zero-order valence-electron chi connectivity index (χ0n) is 21.8. The molecule has 2 aromatic heterocycles. The van der Waals surface area contributed by atoms with Crippen LogP contribution in [0.2, 0.25) is 0 Å². The van der Waals surface area contributed by atoms with E-state index in [1.807, 2.05) is 27.7 Å². The Morgan fingerprint density at radius 3 is 2.37 bits per heavy atom. The van der Waals surface area contributed by atoms with Gasteiger partial charge in [-0.3, -0.25) is 14.8 Å². The van der Waals surface area contributed by atoms with Crippen molar-refractivity contribution in [2.75, 3.05) is 0 Å². The summed E-state index contributed by atoms with van der Waals surface area (Å²) in [7, 11) is 0. The van der Waals surface area contributed by atoms with Gasteiger partial charge in [-0.2, -0.15) is 13.2 Å². The van der Waals surface area contributed by atoms with Gasteiger partial charge < -0.3 is 14.6 Å². The van der Waals surface area contributed by atoms with Crippen molar-refractivity contribution in [3.63, 3.8) is 0 Å². The molecule has 0 aromatic carbocycles. The molecule has 6 nitrogen and oxygen atoms in total. The van der Waals surface area contributed by atoms with E-state index in [-0.39, 0.29) is 13.3 Å². The molecule has 38 heavy (non-hydrogen) atoms. The maximum absolute atomic E-state index is 13.2. The van der Waals surface area contributed by atoms with Gasteiger partial charge in [0.15, 0.2) is 0 Å². The van der Waals surface area contributed by atoms with Crippen molar-refractivity contribution >= 4 is 5.97 Å². The van der Waals surface area contributed by atoms with Gasteiger partial charge in [0.1, 0.15) is 17.9 Å². The van der Waals surface area contributed by atoms with Crippen molar-refractivity contribution < 1.29 is 32.5 Å². The minimum Gasteiger partial charge on any atom is -0.455 e. The van der Waals surface area contributed by atoms with E-state index in [2.05, 4.69) is 4.98 Å². The molecule has 1 saturated carbocycles. The van der Waals surface area contributed by atoms with Crippen LogP contribution in [0.25, 0.3) is 0 Å². The summed E-state index contributed by atoms with van der Waals surface area (Å²) >= 11 is 0. The van der Waals surface area contributed by atoms with E-state index in [1.54, 1.807) is 0 Å². The molecule has 0 saturated heterocycles. The first-order chi connectivity index (χ1) is 17.2. The van der Waals surface area contributed by atoms with Crippen LogP contribution in [-0.4, -0.2) is 21.0 Å².